The van der Waals surface area contributed by atoms with E-state index in [1.807, 2.05) is 6.92 Å². The molecule has 4 atom stereocenters. The highest BCUT2D eigenvalue weighted by Gasteiger charge is 2.74. The van der Waals surface area contributed by atoms with Gasteiger partial charge in [0.25, 0.3) is 0 Å². The Morgan fingerprint density at radius 3 is 2.81 bits per heavy atom. The molecule has 3 aliphatic carbocycles. The highest BCUT2D eigenvalue weighted by atomic mass is 16.3. The third-order valence-electron chi connectivity index (χ3n) is 6.59. The van der Waals surface area contributed by atoms with Crippen LogP contribution in [0.25, 0.3) is 0 Å². The zero-order valence-corrected chi connectivity index (χ0v) is 10.4. The zero-order valence-electron chi connectivity index (χ0n) is 10.4. The third kappa shape index (κ3) is 0.816. The van der Waals surface area contributed by atoms with Crippen molar-refractivity contribution in [3.05, 3.63) is 0 Å². The molecule has 1 unspecified atom stereocenters. The lowest BCUT2D eigenvalue weighted by Gasteiger charge is -2.44. The van der Waals surface area contributed by atoms with Crippen LogP contribution in [0.3, 0.4) is 0 Å². The molecule has 1 N–H and O–H groups in total. The first-order valence-corrected chi connectivity index (χ1v) is 6.67. The first-order chi connectivity index (χ1) is 7.52. The van der Waals surface area contributed by atoms with Crippen molar-refractivity contribution >= 4 is 5.78 Å². The van der Waals surface area contributed by atoms with Crippen LogP contribution in [0.4, 0.5) is 0 Å². The highest BCUT2D eigenvalue weighted by molar-refractivity contribution is 5.90. The van der Waals surface area contributed by atoms with Crippen molar-refractivity contribution in [2.75, 3.05) is 6.61 Å². The van der Waals surface area contributed by atoms with Gasteiger partial charge in [-0.2, -0.15) is 0 Å². The van der Waals surface area contributed by atoms with Crippen LogP contribution in [0, 0.1) is 22.2 Å². The molecule has 0 aliphatic heterocycles. The van der Waals surface area contributed by atoms with Crippen molar-refractivity contribution in [2.24, 2.45) is 22.2 Å². The second kappa shape index (κ2) is 2.90. The molecule has 3 rings (SSSR count). The maximum atomic E-state index is 12.3. The number of Topliss-reactive ketones (excluding diaryl/α,β-unsaturated/α-hetero) is 1. The molecule has 0 saturated heterocycles. The molecule has 90 valence electrons. The molecular formula is C14H22O2. The molecule has 0 aromatic carbocycles. The predicted octanol–water partition coefficient (Wildman–Crippen LogP) is 2.54. The quantitative estimate of drug-likeness (QED) is 0.740. The van der Waals surface area contributed by atoms with Crippen LogP contribution in [-0.4, -0.2) is 17.5 Å². The highest BCUT2D eigenvalue weighted by Crippen LogP contribution is 2.77. The standard InChI is InChI=1S/C14H22O2/c1-10-4-7-14-6-3-5-13(10,14)8-11(16)12(14,2)9-15/h10,15H,3-9H2,1-2H3/t10?,12-,13-,14-/m0/s1. The Labute approximate surface area is 97.4 Å². The maximum Gasteiger partial charge on any atom is 0.142 e. The summed E-state index contributed by atoms with van der Waals surface area (Å²) in [5, 5.41) is 9.75. The molecule has 0 aromatic rings. The summed E-state index contributed by atoms with van der Waals surface area (Å²) in [5.41, 5.74) is -0.0406. The topological polar surface area (TPSA) is 37.3 Å². The van der Waals surface area contributed by atoms with Crippen LogP contribution < -0.4 is 0 Å². The Kier molecular flexibility index (Phi) is 1.95. The van der Waals surface area contributed by atoms with Gasteiger partial charge in [-0.05, 0) is 49.4 Å². The number of carbonyl (C=O) groups excluding carboxylic acids is 1. The number of rotatable bonds is 1. The second-order valence-electron chi connectivity index (χ2n) is 6.62. The average molecular weight is 222 g/mol. The first kappa shape index (κ1) is 10.8. The molecule has 0 bridgehead atoms. The minimum Gasteiger partial charge on any atom is -0.395 e. The van der Waals surface area contributed by atoms with E-state index in [0.29, 0.717) is 11.7 Å². The first-order valence-electron chi connectivity index (χ1n) is 6.67. The number of hydrogen-bond donors (Lipinski definition) is 1. The van der Waals surface area contributed by atoms with Crippen LogP contribution in [0.1, 0.15) is 52.4 Å². The van der Waals surface area contributed by atoms with Gasteiger partial charge in [0.2, 0.25) is 0 Å². The van der Waals surface area contributed by atoms with Gasteiger partial charge in [0.15, 0.2) is 0 Å². The fourth-order valence-corrected chi connectivity index (χ4v) is 5.55. The van der Waals surface area contributed by atoms with E-state index in [0.717, 1.165) is 12.8 Å². The molecule has 2 nitrogen and oxygen atoms in total. The van der Waals surface area contributed by atoms with Gasteiger partial charge in [-0.1, -0.05) is 13.3 Å². The Balaban J connectivity index is 2.17. The van der Waals surface area contributed by atoms with Gasteiger partial charge in [-0.15, -0.1) is 0 Å². The van der Waals surface area contributed by atoms with E-state index in [9.17, 15) is 9.90 Å². The fourth-order valence-electron chi connectivity index (χ4n) is 5.55. The molecule has 0 aromatic heterocycles. The van der Waals surface area contributed by atoms with Crippen molar-refractivity contribution in [2.45, 2.75) is 52.4 Å². The minimum atomic E-state index is -0.436. The largest absolute Gasteiger partial charge is 0.395 e. The van der Waals surface area contributed by atoms with Gasteiger partial charge in [0, 0.05) is 6.42 Å². The van der Waals surface area contributed by atoms with Gasteiger partial charge < -0.3 is 5.11 Å². The van der Waals surface area contributed by atoms with Crippen LogP contribution in [0.5, 0.6) is 0 Å². The van der Waals surface area contributed by atoms with E-state index in [2.05, 4.69) is 6.92 Å². The number of aliphatic hydroxyl groups excluding tert-OH is 1. The Morgan fingerprint density at radius 1 is 1.38 bits per heavy atom. The molecule has 0 heterocycles. The Morgan fingerprint density at radius 2 is 2.12 bits per heavy atom. The van der Waals surface area contributed by atoms with E-state index in [4.69, 9.17) is 0 Å². The SMILES string of the molecule is CC1CC[C@]23CCC[C@]12CC(=O)[C@]3(C)CO. The van der Waals surface area contributed by atoms with Crippen molar-refractivity contribution in [1.82, 2.24) is 0 Å². The monoisotopic (exact) mass is 222 g/mol. The summed E-state index contributed by atoms with van der Waals surface area (Å²) in [4.78, 5) is 12.3. The van der Waals surface area contributed by atoms with Crippen molar-refractivity contribution < 1.29 is 9.90 Å². The second-order valence-corrected chi connectivity index (χ2v) is 6.62. The van der Waals surface area contributed by atoms with E-state index in [1.165, 1.54) is 25.7 Å². The smallest absolute Gasteiger partial charge is 0.142 e. The van der Waals surface area contributed by atoms with Crippen LogP contribution in [0.15, 0.2) is 0 Å². The lowest BCUT2D eigenvalue weighted by Crippen LogP contribution is -2.44. The summed E-state index contributed by atoms with van der Waals surface area (Å²) in [7, 11) is 0. The summed E-state index contributed by atoms with van der Waals surface area (Å²) in [6.07, 6.45) is 6.80. The molecule has 16 heavy (non-hydrogen) atoms. The summed E-state index contributed by atoms with van der Waals surface area (Å²) in [5.74, 6) is 1.01. The number of ketones is 1. The van der Waals surface area contributed by atoms with Crippen LogP contribution in [-0.2, 0) is 4.79 Å². The molecule has 0 amide bonds. The Bertz CT molecular complexity index is 351. The number of hydrogen-bond acceptors (Lipinski definition) is 2. The number of carbonyl (C=O) groups is 1. The Hall–Kier alpha value is -0.370. The molecular weight excluding hydrogens is 200 g/mol. The van der Waals surface area contributed by atoms with Crippen LogP contribution >= 0.6 is 0 Å². The zero-order chi connectivity index (χ0) is 11.6. The molecule has 3 saturated carbocycles. The van der Waals surface area contributed by atoms with Crippen molar-refractivity contribution in [3.8, 4) is 0 Å². The van der Waals surface area contributed by atoms with E-state index >= 15 is 0 Å². The third-order valence-corrected chi connectivity index (χ3v) is 6.59. The molecule has 2 heteroatoms. The molecule has 0 radical (unpaired) electrons. The van der Waals surface area contributed by atoms with Crippen molar-refractivity contribution in [1.29, 1.82) is 0 Å². The van der Waals surface area contributed by atoms with E-state index < -0.39 is 5.41 Å². The minimum absolute atomic E-state index is 0.0559. The van der Waals surface area contributed by atoms with Gasteiger partial charge >= 0.3 is 0 Å². The number of aliphatic hydroxyl groups is 1. The van der Waals surface area contributed by atoms with Crippen LogP contribution in [0.2, 0.25) is 0 Å². The molecule has 0 spiro atoms. The van der Waals surface area contributed by atoms with Gasteiger partial charge in [0.1, 0.15) is 5.78 Å². The van der Waals surface area contributed by atoms with Crippen molar-refractivity contribution in [3.63, 3.8) is 0 Å². The van der Waals surface area contributed by atoms with Gasteiger partial charge in [0.05, 0.1) is 12.0 Å². The summed E-state index contributed by atoms with van der Waals surface area (Å²) in [6.45, 7) is 4.41. The summed E-state index contributed by atoms with van der Waals surface area (Å²) >= 11 is 0. The van der Waals surface area contributed by atoms with Gasteiger partial charge in [-0.25, -0.2) is 0 Å². The predicted molar refractivity (Wildman–Crippen MR) is 61.9 cm³/mol. The normalized spacial score (nSPS) is 55.4. The average Bonchev–Trinajstić information content (AvgIpc) is 2.80. The summed E-state index contributed by atoms with van der Waals surface area (Å²) < 4.78 is 0. The fraction of sp³-hybridized carbons (Fsp3) is 0.929. The lowest BCUT2D eigenvalue weighted by atomic mass is 9.59. The molecule has 3 aliphatic rings. The van der Waals surface area contributed by atoms with Gasteiger partial charge in [-0.3, -0.25) is 4.79 Å². The molecule has 3 fully saturated rings. The van der Waals surface area contributed by atoms with E-state index in [-0.39, 0.29) is 17.4 Å². The maximum absolute atomic E-state index is 12.3. The summed E-state index contributed by atoms with van der Waals surface area (Å²) in [6, 6.07) is 0. The van der Waals surface area contributed by atoms with E-state index in [1.54, 1.807) is 0 Å². The lowest BCUT2D eigenvalue weighted by molar-refractivity contribution is -0.132.